The van der Waals surface area contributed by atoms with Gasteiger partial charge in [0, 0.05) is 13.0 Å². The molecule has 1 amide bonds. The van der Waals surface area contributed by atoms with Crippen molar-refractivity contribution in [2.75, 3.05) is 6.54 Å². The van der Waals surface area contributed by atoms with E-state index in [0.717, 1.165) is 4.90 Å². The molecule has 2 N–H and O–H groups in total. The molecular formula is C11H13NO5. The number of carbonyl (C=O) groups excluding carboxylic acids is 1. The molecule has 0 aliphatic carbocycles. The average Bonchev–Trinajstić information content (AvgIpc) is 2.83. The number of nitrogens with zero attached hydrogens (tertiary/aromatic N) is 1. The summed E-state index contributed by atoms with van der Waals surface area (Å²) in [5.41, 5.74) is 0.308. The molecule has 0 unspecified atom stereocenters. The highest BCUT2D eigenvalue weighted by Crippen LogP contribution is 2.21. The Labute approximate surface area is 97.4 Å². The number of amides is 1. The van der Waals surface area contributed by atoms with Crippen LogP contribution in [0.3, 0.4) is 0 Å². The normalized spacial score (nSPS) is 24.0. The van der Waals surface area contributed by atoms with Gasteiger partial charge in [-0.05, 0) is 13.0 Å². The summed E-state index contributed by atoms with van der Waals surface area (Å²) in [5.74, 6) is -0.944. The minimum absolute atomic E-state index is 0.0417. The minimum Gasteiger partial charge on any atom is -0.480 e. The van der Waals surface area contributed by atoms with Crippen molar-refractivity contribution in [3.05, 3.63) is 23.7 Å². The lowest BCUT2D eigenvalue weighted by Crippen LogP contribution is -2.40. The molecule has 2 rings (SSSR count). The highest BCUT2D eigenvalue weighted by Gasteiger charge is 2.39. The molecule has 6 nitrogen and oxygen atoms in total. The van der Waals surface area contributed by atoms with Crippen molar-refractivity contribution < 1.29 is 24.2 Å². The van der Waals surface area contributed by atoms with E-state index in [1.807, 2.05) is 0 Å². The van der Waals surface area contributed by atoms with Crippen LogP contribution in [-0.2, 0) is 4.79 Å². The zero-order chi connectivity index (χ0) is 12.6. The fourth-order valence-corrected chi connectivity index (χ4v) is 1.99. The fourth-order valence-electron chi connectivity index (χ4n) is 1.99. The molecule has 0 spiro atoms. The lowest BCUT2D eigenvalue weighted by Gasteiger charge is -2.20. The van der Waals surface area contributed by atoms with Gasteiger partial charge in [0.15, 0.2) is 0 Å². The maximum Gasteiger partial charge on any atom is 0.326 e. The van der Waals surface area contributed by atoms with E-state index in [4.69, 9.17) is 9.52 Å². The van der Waals surface area contributed by atoms with Crippen LogP contribution < -0.4 is 0 Å². The summed E-state index contributed by atoms with van der Waals surface area (Å²) >= 11 is 0. The molecular weight excluding hydrogens is 226 g/mol. The predicted octanol–water partition coefficient (Wildman–Crippen LogP) is 0.248. The first kappa shape index (κ1) is 11.7. The maximum atomic E-state index is 12.0. The van der Waals surface area contributed by atoms with Gasteiger partial charge in [0.25, 0.3) is 5.91 Å². The molecule has 6 heteroatoms. The van der Waals surface area contributed by atoms with Crippen molar-refractivity contribution in [2.45, 2.75) is 25.5 Å². The number of carboxylic acid groups (broad SMARTS) is 1. The number of carboxylic acids is 1. The molecule has 0 radical (unpaired) electrons. The smallest absolute Gasteiger partial charge is 0.326 e. The number of aliphatic carboxylic acids is 1. The summed E-state index contributed by atoms with van der Waals surface area (Å²) in [5, 5.41) is 18.4. The van der Waals surface area contributed by atoms with E-state index < -0.39 is 24.0 Å². The molecule has 1 fully saturated rings. The van der Waals surface area contributed by atoms with Crippen molar-refractivity contribution in [3.8, 4) is 0 Å². The van der Waals surface area contributed by atoms with Crippen LogP contribution >= 0.6 is 0 Å². The van der Waals surface area contributed by atoms with Gasteiger partial charge in [0.2, 0.25) is 0 Å². The number of likely N-dealkylation sites (tertiary alicyclic amines) is 1. The SMILES string of the molecule is Cc1cc(C(=O)N2C[C@H](O)C[C@@H]2C(=O)O)co1. The van der Waals surface area contributed by atoms with Gasteiger partial charge in [-0.1, -0.05) is 0 Å². The lowest BCUT2D eigenvalue weighted by atomic mass is 10.2. The second kappa shape index (κ2) is 4.21. The Hall–Kier alpha value is -1.82. The van der Waals surface area contributed by atoms with Crippen LogP contribution in [-0.4, -0.2) is 45.7 Å². The summed E-state index contributed by atoms with van der Waals surface area (Å²) in [6, 6.07) is 0.582. The first-order valence-corrected chi connectivity index (χ1v) is 5.26. The van der Waals surface area contributed by atoms with E-state index >= 15 is 0 Å². The Morgan fingerprint density at radius 2 is 2.24 bits per heavy atom. The zero-order valence-corrected chi connectivity index (χ0v) is 9.29. The van der Waals surface area contributed by atoms with E-state index in [9.17, 15) is 14.7 Å². The molecule has 1 aliphatic heterocycles. The van der Waals surface area contributed by atoms with Gasteiger partial charge in [-0.15, -0.1) is 0 Å². The van der Waals surface area contributed by atoms with E-state index in [1.54, 1.807) is 13.0 Å². The topological polar surface area (TPSA) is 91.0 Å². The molecule has 2 heterocycles. The number of hydrogen-bond acceptors (Lipinski definition) is 4. The van der Waals surface area contributed by atoms with Gasteiger partial charge in [-0.25, -0.2) is 4.79 Å². The third-order valence-corrected chi connectivity index (χ3v) is 2.80. The Morgan fingerprint density at radius 1 is 1.53 bits per heavy atom. The van der Waals surface area contributed by atoms with Crippen LogP contribution in [0.2, 0.25) is 0 Å². The fraction of sp³-hybridized carbons (Fsp3) is 0.455. The second-order valence-electron chi connectivity index (χ2n) is 4.15. The monoisotopic (exact) mass is 239 g/mol. The number of aliphatic hydroxyl groups excluding tert-OH is 1. The number of hydrogen-bond donors (Lipinski definition) is 2. The van der Waals surface area contributed by atoms with Crippen LogP contribution in [0.25, 0.3) is 0 Å². The maximum absolute atomic E-state index is 12.0. The highest BCUT2D eigenvalue weighted by atomic mass is 16.4. The van der Waals surface area contributed by atoms with Crippen LogP contribution in [0.4, 0.5) is 0 Å². The summed E-state index contributed by atoms with van der Waals surface area (Å²) in [6.07, 6.45) is 0.576. The number of aryl methyl sites for hydroxylation is 1. The zero-order valence-electron chi connectivity index (χ0n) is 9.29. The third-order valence-electron chi connectivity index (χ3n) is 2.80. The lowest BCUT2D eigenvalue weighted by molar-refractivity contribution is -0.141. The quantitative estimate of drug-likeness (QED) is 0.771. The van der Waals surface area contributed by atoms with E-state index in [-0.39, 0.29) is 13.0 Å². The molecule has 1 aromatic heterocycles. The number of β-amino-alcohol motifs (C(OH)–C–C–N with tert-alkyl or cyclic N) is 1. The van der Waals surface area contributed by atoms with Crippen molar-refractivity contribution in [1.82, 2.24) is 4.90 Å². The predicted molar refractivity (Wildman–Crippen MR) is 56.5 cm³/mol. The summed E-state index contributed by atoms with van der Waals surface area (Å²) in [6.45, 7) is 1.74. The molecule has 0 saturated carbocycles. The number of furan rings is 1. The molecule has 17 heavy (non-hydrogen) atoms. The van der Waals surface area contributed by atoms with Crippen molar-refractivity contribution >= 4 is 11.9 Å². The molecule has 0 bridgehead atoms. The van der Waals surface area contributed by atoms with Crippen molar-refractivity contribution in [3.63, 3.8) is 0 Å². The summed E-state index contributed by atoms with van der Waals surface area (Å²) < 4.78 is 5.01. The molecule has 1 aromatic rings. The van der Waals surface area contributed by atoms with Crippen LogP contribution in [0, 0.1) is 6.92 Å². The van der Waals surface area contributed by atoms with Gasteiger partial charge in [0.05, 0.1) is 11.7 Å². The average molecular weight is 239 g/mol. The summed E-state index contributed by atoms with van der Waals surface area (Å²) in [4.78, 5) is 24.1. The minimum atomic E-state index is -1.10. The van der Waals surface area contributed by atoms with Crippen molar-refractivity contribution in [1.29, 1.82) is 0 Å². The first-order valence-electron chi connectivity index (χ1n) is 5.26. The Kier molecular flexibility index (Phi) is 2.89. The summed E-state index contributed by atoms with van der Waals surface area (Å²) in [7, 11) is 0. The van der Waals surface area contributed by atoms with Crippen molar-refractivity contribution in [2.24, 2.45) is 0 Å². The third kappa shape index (κ3) is 2.16. The van der Waals surface area contributed by atoms with Gasteiger partial charge < -0.3 is 19.5 Å². The van der Waals surface area contributed by atoms with E-state index in [1.165, 1.54) is 6.26 Å². The molecule has 0 aromatic carbocycles. The Bertz CT molecular complexity index is 452. The van der Waals surface area contributed by atoms with Crippen LogP contribution in [0.15, 0.2) is 16.7 Å². The number of rotatable bonds is 2. The first-order chi connectivity index (χ1) is 7.99. The van der Waals surface area contributed by atoms with Crippen LogP contribution in [0.1, 0.15) is 22.5 Å². The molecule has 1 saturated heterocycles. The van der Waals surface area contributed by atoms with Gasteiger partial charge >= 0.3 is 5.97 Å². The molecule has 2 atom stereocenters. The Morgan fingerprint density at radius 3 is 2.76 bits per heavy atom. The number of aliphatic hydroxyl groups is 1. The van der Waals surface area contributed by atoms with E-state index in [0.29, 0.717) is 11.3 Å². The molecule has 92 valence electrons. The Balaban J connectivity index is 2.21. The van der Waals surface area contributed by atoms with Crippen LogP contribution in [0.5, 0.6) is 0 Å². The second-order valence-corrected chi connectivity index (χ2v) is 4.15. The highest BCUT2D eigenvalue weighted by molar-refractivity contribution is 5.96. The van der Waals surface area contributed by atoms with E-state index in [2.05, 4.69) is 0 Å². The standard InChI is InChI=1S/C11H13NO5/c1-6-2-7(5-17-6)10(14)12-4-8(13)3-9(12)11(15)16/h2,5,8-9,13H,3-4H2,1H3,(H,15,16)/t8-,9-/m1/s1. The molecule has 1 aliphatic rings. The largest absolute Gasteiger partial charge is 0.480 e. The van der Waals surface area contributed by atoms with Gasteiger partial charge in [-0.3, -0.25) is 4.79 Å². The van der Waals surface area contributed by atoms with Gasteiger partial charge in [-0.2, -0.15) is 0 Å². The number of carbonyl (C=O) groups is 2. The van der Waals surface area contributed by atoms with Gasteiger partial charge in [0.1, 0.15) is 18.1 Å².